The summed E-state index contributed by atoms with van der Waals surface area (Å²) in [5, 5.41) is 4.47. The van der Waals surface area contributed by atoms with Crippen LogP contribution < -0.4 is 5.32 Å². The van der Waals surface area contributed by atoms with Crippen molar-refractivity contribution in [3.8, 4) is 0 Å². The minimum absolute atomic E-state index is 0.144. The molecule has 0 aliphatic heterocycles. The summed E-state index contributed by atoms with van der Waals surface area (Å²) in [7, 11) is 0. The number of halogens is 3. The fraction of sp³-hybridized carbons (Fsp3) is 0.273. The third kappa shape index (κ3) is 3.80. The van der Waals surface area contributed by atoms with Gasteiger partial charge in [-0.3, -0.25) is 0 Å². The Labute approximate surface area is 109 Å². The van der Waals surface area contributed by atoms with Crippen LogP contribution >= 0.6 is 39.1 Å². The van der Waals surface area contributed by atoms with Crippen molar-refractivity contribution in [2.24, 2.45) is 0 Å². The Kier molecular flexibility index (Phi) is 5.13. The molecule has 0 aliphatic rings. The molecule has 0 saturated heterocycles. The molecule has 4 heteroatoms. The van der Waals surface area contributed by atoms with Crippen LogP contribution in [0.3, 0.4) is 0 Å². The third-order valence-electron chi connectivity index (χ3n) is 2.05. The highest BCUT2D eigenvalue weighted by Crippen LogP contribution is 2.29. The Balaban J connectivity index is 2.77. The van der Waals surface area contributed by atoms with E-state index in [0.29, 0.717) is 16.6 Å². The van der Waals surface area contributed by atoms with E-state index in [9.17, 15) is 0 Å². The maximum Gasteiger partial charge on any atom is 0.0639 e. The molecule has 0 spiro atoms. The molecular weight excluding hydrogens is 297 g/mol. The first-order valence-electron chi connectivity index (χ1n) is 4.53. The van der Waals surface area contributed by atoms with Crippen molar-refractivity contribution in [2.45, 2.75) is 13.0 Å². The van der Waals surface area contributed by atoms with Gasteiger partial charge in [-0.1, -0.05) is 57.8 Å². The van der Waals surface area contributed by atoms with Crippen LogP contribution in [0.5, 0.6) is 0 Å². The first-order valence-corrected chi connectivity index (χ1v) is 6.08. The van der Waals surface area contributed by atoms with Gasteiger partial charge in [0, 0.05) is 17.1 Å². The van der Waals surface area contributed by atoms with Crippen LogP contribution in [0.1, 0.15) is 18.5 Å². The molecule has 1 rings (SSSR count). The average Bonchev–Trinajstić information content (AvgIpc) is 2.18. The molecule has 0 aromatic heterocycles. The minimum Gasteiger partial charge on any atom is -0.306 e. The van der Waals surface area contributed by atoms with Gasteiger partial charge in [0.15, 0.2) is 0 Å². The molecule has 15 heavy (non-hydrogen) atoms. The molecule has 0 saturated carbocycles. The van der Waals surface area contributed by atoms with Gasteiger partial charge in [0.25, 0.3) is 0 Å². The summed E-state index contributed by atoms with van der Waals surface area (Å²) in [5.41, 5.74) is 0.998. The molecule has 1 nitrogen and oxygen atoms in total. The molecule has 0 heterocycles. The second-order valence-corrected chi connectivity index (χ2v) is 5.17. The second kappa shape index (κ2) is 5.90. The van der Waals surface area contributed by atoms with Gasteiger partial charge in [0.1, 0.15) is 0 Å². The van der Waals surface area contributed by atoms with Gasteiger partial charge in [0.05, 0.1) is 10.0 Å². The molecule has 82 valence electrons. The summed E-state index contributed by atoms with van der Waals surface area (Å²) in [6, 6.07) is 5.78. The maximum absolute atomic E-state index is 6.10. The van der Waals surface area contributed by atoms with Crippen molar-refractivity contribution in [2.75, 3.05) is 6.54 Å². The van der Waals surface area contributed by atoms with Crippen LogP contribution in [0.25, 0.3) is 0 Å². The highest BCUT2D eigenvalue weighted by molar-refractivity contribution is 9.11. The number of hydrogen-bond acceptors (Lipinski definition) is 1. The molecule has 0 bridgehead atoms. The van der Waals surface area contributed by atoms with E-state index in [1.807, 2.05) is 19.1 Å². The van der Waals surface area contributed by atoms with Crippen LogP contribution in [0.15, 0.2) is 29.3 Å². The number of rotatable bonds is 4. The summed E-state index contributed by atoms with van der Waals surface area (Å²) in [6.07, 6.45) is 0. The molecule has 0 aliphatic carbocycles. The maximum atomic E-state index is 6.10. The lowest BCUT2D eigenvalue weighted by atomic mass is 10.1. The van der Waals surface area contributed by atoms with Gasteiger partial charge < -0.3 is 5.32 Å². The summed E-state index contributed by atoms with van der Waals surface area (Å²) in [5.74, 6) is 0. The lowest BCUT2D eigenvalue weighted by molar-refractivity contribution is 0.616. The molecule has 0 fully saturated rings. The Morgan fingerprint density at radius 2 is 2.20 bits per heavy atom. The Morgan fingerprint density at radius 3 is 2.80 bits per heavy atom. The van der Waals surface area contributed by atoms with Crippen LogP contribution in [-0.2, 0) is 0 Å². The quantitative estimate of drug-likeness (QED) is 0.860. The molecule has 0 radical (unpaired) electrons. The predicted octanol–water partition coefficient (Wildman–Crippen LogP) is 4.55. The normalized spacial score (nSPS) is 12.5. The fourth-order valence-electron chi connectivity index (χ4n) is 1.23. The van der Waals surface area contributed by atoms with Crippen LogP contribution in [0.2, 0.25) is 10.0 Å². The first kappa shape index (κ1) is 13.0. The molecule has 1 aromatic carbocycles. The number of benzene rings is 1. The minimum atomic E-state index is 0.144. The van der Waals surface area contributed by atoms with E-state index in [1.165, 1.54) is 0 Å². The van der Waals surface area contributed by atoms with Gasteiger partial charge in [-0.15, -0.1) is 0 Å². The van der Waals surface area contributed by atoms with Gasteiger partial charge in [-0.2, -0.15) is 0 Å². The highest BCUT2D eigenvalue weighted by atomic mass is 79.9. The van der Waals surface area contributed by atoms with Crippen molar-refractivity contribution in [1.29, 1.82) is 0 Å². The molecule has 1 atom stereocenters. The zero-order valence-corrected chi connectivity index (χ0v) is 11.5. The SMILES string of the molecule is C=C(Br)CNC(C)c1cccc(Cl)c1Cl. The van der Waals surface area contributed by atoms with Crippen LogP contribution in [-0.4, -0.2) is 6.54 Å². The Morgan fingerprint density at radius 1 is 1.53 bits per heavy atom. The van der Waals surface area contributed by atoms with E-state index in [0.717, 1.165) is 10.0 Å². The summed E-state index contributed by atoms with van der Waals surface area (Å²) >= 11 is 15.3. The van der Waals surface area contributed by atoms with E-state index < -0.39 is 0 Å². The van der Waals surface area contributed by atoms with E-state index in [2.05, 4.69) is 27.8 Å². The van der Waals surface area contributed by atoms with Gasteiger partial charge in [-0.05, 0) is 18.6 Å². The summed E-state index contributed by atoms with van der Waals surface area (Å²) in [4.78, 5) is 0. The monoisotopic (exact) mass is 307 g/mol. The van der Waals surface area contributed by atoms with E-state index in [1.54, 1.807) is 6.07 Å². The average molecular weight is 309 g/mol. The lowest BCUT2D eigenvalue weighted by Gasteiger charge is -2.15. The van der Waals surface area contributed by atoms with Gasteiger partial charge in [-0.25, -0.2) is 0 Å². The Bertz CT molecular complexity index is 366. The molecule has 0 amide bonds. The number of hydrogen-bond donors (Lipinski definition) is 1. The van der Waals surface area contributed by atoms with Gasteiger partial charge in [0.2, 0.25) is 0 Å². The van der Waals surface area contributed by atoms with Crippen molar-refractivity contribution >= 4 is 39.1 Å². The largest absolute Gasteiger partial charge is 0.306 e. The summed E-state index contributed by atoms with van der Waals surface area (Å²) < 4.78 is 0.910. The van der Waals surface area contributed by atoms with Crippen molar-refractivity contribution in [3.05, 3.63) is 44.9 Å². The van der Waals surface area contributed by atoms with E-state index in [4.69, 9.17) is 23.2 Å². The molecule has 1 aromatic rings. The predicted molar refractivity (Wildman–Crippen MR) is 70.9 cm³/mol. The van der Waals surface area contributed by atoms with Crippen molar-refractivity contribution < 1.29 is 0 Å². The zero-order chi connectivity index (χ0) is 11.4. The third-order valence-corrected chi connectivity index (χ3v) is 3.16. The number of nitrogens with one attached hydrogen (secondary N) is 1. The smallest absolute Gasteiger partial charge is 0.0639 e. The second-order valence-electron chi connectivity index (χ2n) is 3.26. The molecule has 1 N–H and O–H groups in total. The highest BCUT2D eigenvalue weighted by Gasteiger charge is 2.10. The van der Waals surface area contributed by atoms with Crippen LogP contribution in [0.4, 0.5) is 0 Å². The molecule has 1 unspecified atom stereocenters. The lowest BCUT2D eigenvalue weighted by Crippen LogP contribution is -2.20. The topological polar surface area (TPSA) is 12.0 Å². The standard InChI is InChI=1S/C11H12BrCl2N/c1-7(12)6-15-8(2)9-4-3-5-10(13)11(9)14/h3-5,8,15H,1,6H2,2H3. The Hall–Kier alpha value is -0.0200. The van der Waals surface area contributed by atoms with Crippen molar-refractivity contribution in [3.63, 3.8) is 0 Å². The van der Waals surface area contributed by atoms with Crippen LogP contribution in [0, 0.1) is 0 Å². The first-order chi connectivity index (χ1) is 7.02. The van der Waals surface area contributed by atoms with E-state index >= 15 is 0 Å². The van der Waals surface area contributed by atoms with E-state index in [-0.39, 0.29) is 6.04 Å². The van der Waals surface area contributed by atoms with Crippen molar-refractivity contribution in [1.82, 2.24) is 5.32 Å². The fourth-order valence-corrected chi connectivity index (χ4v) is 1.86. The zero-order valence-electron chi connectivity index (χ0n) is 8.36. The summed E-state index contributed by atoms with van der Waals surface area (Å²) in [6.45, 7) is 6.49. The molecular formula is C11H12BrCl2N. The van der Waals surface area contributed by atoms with Gasteiger partial charge >= 0.3 is 0 Å².